The zero-order chi connectivity index (χ0) is 29.7. The van der Waals surface area contributed by atoms with E-state index in [1.807, 2.05) is 0 Å². The number of nitrogens with zero attached hydrogens (tertiary/aromatic N) is 1. The summed E-state index contributed by atoms with van der Waals surface area (Å²) in [4.78, 5) is 2.64. The van der Waals surface area contributed by atoms with E-state index < -0.39 is 0 Å². The van der Waals surface area contributed by atoms with Crippen LogP contribution in [0.5, 0.6) is 0 Å². The molecule has 248 valence electrons. The number of thioether (sulfide) groups is 2. The Bertz CT molecular complexity index is 415. The topological polar surface area (TPSA) is 23.5 Å². The van der Waals surface area contributed by atoms with Crippen LogP contribution in [0.2, 0.25) is 0 Å². The quantitative estimate of drug-likeness (QED) is 0.0702. The Morgan fingerprint density at radius 1 is 0.341 bits per heavy atom. The van der Waals surface area contributed by atoms with Crippen LogP contribution in [0.3, 0.4) is 0 Å². The third kappa shape index (κ3) is 36.7. The fourth-order valence-corrected chi connectivity index (χ4v) is 7.69. The molecule has 0 aromatic rings. The van der Waals surface area contributed by atoms with E-state index in [2.05, 4.69) is 42.3 Å². The molecular formula is C37H77NOS2. The van der Waals surface area contributed by atoms with Gasteiger partial charge in [0.2, 0.25) is 0 Å². The van der Waals surface area contributed by atoms with Gasteiger partial charge in [0.1, 0.15) is 0 Å². The maximum atomic E-state index is 9.31. The van der Waals surface area contributed by atoms with E-state index in [0.29, 0.717) is 6.61 Å². The van der Waals surface area contributed by atoms with E-state index in [-0.39, 0.29) is 0 Å². The largest absolute Gasteiger partial charge is 0.396 e. The molecule has 0 saturated heterocycles. The third-order valence-electron chi connectivity index (χ3n) is 8.44. The van der Waals surface area contributed by atoms with Gasteiger partial charge in [-0.3, -0.25) is 0 Å². The second-order valence-corrected chi connectivity index (χ2v) is 15.1. The molecule has 0 atom stereocenters. The van der Waals surface area contributed by atoms with Gasteiger partial charge in [-0.25, -0.2) is 0 Å². The number of unbranched alkanes of at least 4 members (excludes halogenated alkanes) is 22. The van der Waals surface area contributed by atoms with Crippen molar-refractivity contribution < 1.29 is 5.11 Å². The lowest BCUT2D eigenvalue weighted by Crippen LogP contribution is -2.27. The molecule has 0 aromatic heterocycles. The van der Waals surface area contributed by atoms with Gasteiger partial charge < -0.3 is 10.0 Å². The molecule has 0 fully saturated rings. The average molecular weight is 616 g/mol. The fourth-order valence-electron chi connectivity index (χ4n) is 5.65. The van der Waals surface area contributed by atoms with Crippen LogP contribution in [0.15, 0.2) is 0 Å². The van der Waals surface area contributed by atoms with Crippen molar-refractivity contribution in [2.24, 2.45) is 0 Å². The molecule has 0 bridgehead atoms. The molecule has 2 nitrogen and oxygen atoms in total. The summed E-state index contributed by atoms with van der Waals surface area (Å²) in [5, 5.41) is 9.31. The van der Waals surface area contributed by atoms with Crippen LogP contribution in [0.25, 0.3) is 0 Å². The summed E-state index contributed by atoms with van der Waals surface area (Å²) >= 11 is 4.39. The predicted octanol–water partition coefficient (Wildman–Crippen LogP) is 12.3. The zero-order valence-corrected chi connectivity index (χ0v) is 30.1. The Morgan fingerprint density at radius 3 is 0.927 bits per heavy atom. The number of hydrogen-bond donors (Lipinski definition) is 1. The van der Waals surface area contributed by atoms with E-state index in [1.54, 1.807) is 0 Å². The molecule has 0 spiro atoms. The van der Waals surface area contributed by atoms with Crippen LogP contribution in [-0.4, -0.2) is 59.3 Å². The van der Waals surface area contributed by atoms with E-state index in [4.69, 9.17) is 0 Å². The van der Waals surface area contributed by atoms with Crippen molar-refractivity contribution in [1.82, 2.24) is 4.90 Å². The monoisotopic (exact) mass is 616 g/mol. The Labute approximate surface area is 269 Å². The molecule has 0 aliphatic rings. The Kier molecular flexibility index (Phi) is 39.2. The Balaban J connectivity index is 3.44. The average Bonchev–Trinajstić information content (AvgIpc) is 2.98. The van der Waals surface area contributed by atoms with Gasteiger partial charge in [0.25, 0.3) is 0 Å². The van der Waals surface area contributed by atoms with Crippen LogP contribution in [0, 0.1) is 0 Å². The second-order valence-electron chi connectivity index (χ2n) is 12.6. The SMILES string of the molecule is CCCCCCCCSCCCCCCCCCN(CCCO)CCCCCCCCCSCCCCCCCC. The van der Waals surface area contributed by atoms with E-state index in [0.717, 1.165) is 13.0 Å². The van der Waals surface area contributed by atoms with Gasteiger partial charge in [0.05, 0.1) is 0 Å². The molecule has 0 amide bonds. The van der Waals surface area contributed by atoms with Gasteiger partial charge in [0.15, 0.2) is 0 Å². The van der Waals surface area contributed by atoms with Crippen molar-refractivity contribution >= 4 is 23.5 Å². The molecule has 1 N–H and O–H groups in total. The molecule has 0 rings (SSSR count). The molecule has 0 aromatic carbocycles. The molecular weight excluding hydrogens is 539 g/mol. The minimum Gasteiger partial charge on any atom is -0.396 e. The smallest absolute Gasteiger partial charge is 0.0443 e. The lowest BCUT2D eigenvalue weighted by Gasteiger charge is -2.22. The lowest BCUT2D eigenvalue weighted by atomic mass is 10.1. The zero-order valence-electron chi connectivity index (χ0n) is 28.5. The molecule has 0 aliphatic heterocycles. The van der Waals surface area contributed by atoms with E-state index in [9.17, 15) is 5.11 Å². The minimum absolute atomic E-state index is 0.338. The summed E-state index contributed by atoms with van der Waals surface area (Å²) in [6.45, 7) is 8.51. The van der Waals surface area contributed by atoms with Crippen LogP contribution in [0.1, 0.15) is 187 Å². The van der Waals surface area contributed by atoms with Crippen molar-refractivity contribution in [3.8, 4) is 0 Å². The Morgan fingerprint density at radius 2 is 0.610 bits per heavy atom. The number of hydrogen-bond acceptors (Lipinski definition) is 4. The van der Waals surface area contributed by atoms with Gasteiger partial charge in [-0.2, -0.15) is 23.5 Å². The molecule has 0 heterocycles. The highest BCUT2D eigenvalue weighted by Gasteiger charge is 2.05. The standard InChI is InChI=1S/C37H77NOS2/c1-3-5-7-9-19-25-34-40-36-27-21-15-11-13-17-23-30-38(32-29-33-39)31-24-18-14-12-16-22-28-37-41-35-26-20-10-8-6-4-2/h39H,3-37H2,1-2H3. The number of aliphatic hydroxyl groups excluding tert-OH is 1. The highest BCUT2D eigenvalue weighted by atomic mass is 32.2. The first kappa shape index (κ1) is 41.6. The van der Waals surface area contributed by atoms with Crippen molar-refractivity contribution in [2.75, 3.05) is 49.3 Å². The summed E-state index contributed by atoms with van der Waals surface area (Å²) in [5.74, 6) is 5.54. The van der Waals surface area contributed by atoms with Gasteiger partial charge in [-0.1, -0.05) is 142 Å². The van der Waals surface area contributed by atoms with Crippen LogP contribution in [-0.2, 0) is 0 Å². The van der Waals surface area contributed by atoms with E-state index in [1.165, 1.54) is 203 Å². The maximum absolute atomic E-state index is 9.31. The predicted molar refractivity (Wildman–Crippen MR) is 194 cm³/mol. The maximum Gasteiger partial charge on any atom is 0.0443 e. The normalized spacial score (nSPS) is 11.7. The number of rotatable bonds is 37. The molecule has 41 heavy (non-hydrogen) atoms. The molecule has 0 aliphatic carbocycles. The highest BCUT2D eigenvalue weighted by molar-refractivity contribution is 7.99. The summed E-state index contributed by atoms with van der Waals surface area (Å²) < 4.78 is 0. The summed E-state index contributed by atoms with van der Waals surface area (Å²) in [6, 6.07) is 0. The second kappa shape index (κ2) is 38.6. The van der Waals surface area contributed by atoms with Gasteiger partial charge in [0, 0.05) is 13.2 Å². The highest BCUT2D eigenvalue weighted by Crippen LogP contribution is 2.15. The third-order valence-corrected chi connectivity index (χ3v) is 10.8. The van der Waals surface area contributed by atoms with Crippen LogP contribution >= 0.6 is 23.5 Å². The van der Waals surface area contributed by atoms with Crippen LogP contribution in [0.4, 0.5) is 0 Å². The molecule has 4 heteroatoms. The lowest BCUT2D eigenvalue weighted by molar-refractivity contribution is 0.217. The summed E-state index contributed by atoms with van der Waals surface area (Å²) in [7, 11) is 0. The van der Waals surface area contributed by atoms with Gasteiger partial charge in [-0.15, -0.1) is 0 Å². The first-order chi connectivity index (χ1) is 20.3. The van der Waals surface area contributed by atoms with Crippen molar-refractivity contribution in [1.29, 1.82) is 0 Å². The van der Waals surface area contributed by atoms with Crippen LogP contribution < -0.4 is 0 Å². The van der Waals surface area contributed by atoms with Gasteiger partial charge >= 0.3 is 0 Å². The van der Waals surface area contributed by atoms with Crippen molar-refractivity contribution in [3.63, 3.8) is 0 Å². The minimum atomic E-state index is 0.338. The number of aliphatic hydroxyl groups is 1. The Hall–Kier alpha value is 0.620. The van der Waals surface area contributed by atoms with E-state index >= 15 is 0 Å². The summed E-state index contributed by atoms with van der Waals surface area (Å²) in [5.41, 5.74) is 0. The molecule has 0 saturated carbocycles. The molecule has 0 radical (unpaired) electrons. The summed E-state index contributed by atoms with van der Waals surface area (Å²) in [6.07, 6.45) is 37.8. The van der Waals surface area contributed by atoms with Crippen molar-refractivity contribution in [2.45, 2.75) is 187 Å². The first-order valence-electron chi connectivity index (χ1n) is 18.8. The van der Waals surface area contributed by atoms with Crippen molar-refractivity contribution in [3.05, 3.63) is 0 Å². The fraction of sp³-hybridized carbons (Fsp3) is 1.00. The first-order valence-corrected chi connectivity index (χ1v) is 21.1. The van der Waals surface area contributed by atoms with Gasteiger partial charge in [-0.05, 0) is 81.0 Å². The molecule has 0 unspecified atom stereocenters.